The molecule has 3 nitrogen and oxygen atoms in total. The standard InChI is InChI=1S/C30H35N2O/c33-30(27-16-8-3-9-17-27)24-31(21-26-14-6-2-7-15-26)22-28(30)23-32-19-11-10-18-29(32)20-25-12-4-1-5-13-25/h1-10,12-17,28-29,33H,11,18-24H2. The molecule has 33 heavy (non-hydrogen) atoms. The maximum absolute atomic E-state index is 12.1. The Balaban J connectivity index is 1.36. The number of rotatable bonds is 7. The average Bonchev–Trinajstić information content (AvgIpc) is 3.18. The Morgan fingerprint density at radius 1 is 0.818 bits per heavy atom. The van der Waals surface area contributed by atoms with Gasteiger partial charge in [-0.2, -0.15) is 0 Å². The number of hydrogen-bond donors (Lipinski definition) is 1. The van der Waals surface area contributed by atoms with E-state index in [2.05, 4.69) is 101 Å². The highest BCUT2D eigenvalue weighted by atomic mass is 16.3. The molecule has 0 bridgehead atoms. The zero-order chi connectivity index (χ0) is 22.5. The van der Waals surface area contributed by atoms with Crippen LogP contribution < -0.4 is 0 Å². The molecule has 3 heteroatoms. The number of aliphatic hydroxyl groups is 1. The van der Waals surface area contributed by atoms with Gasteiger partial charge in [0, 0.05) is 38.1 Å². The Kier molecular flexibility index (Phi) is 6.91. The first-order chi connectivity index (χ1) is 16.2. The highest BCUT2D eigenvalue weighted by Gasteiger charge is 2.47. The van der Waals surface area contributed by atoms with Gasteiger partial charge in [0.2, 0.25) is 0 Å². The summed E-state index contributed by atoms with van der Waals surface area (Å²) in [6, 6.07) is 32.3. The second-order valence-corrected chi connectivity index (χ2v) is 9.79. The highest BCUT2D eigenvalue weighted by Crippen LogP contribution is 2.39. The lowest BCUT2D eigenvalue weighted by Gasteiger charge is -2.40. The monoisotopic (exact) mass is 439 g/mol. The third-order valence-corrected chi connectivity index (χ3v) is 7.49. The van der Waals surface area contributed by atoms with Crippen LogP contribution in [0.3, 0.4) is 0 Å². The summed E-state index contributed by atoms with van der Waals surface area (Å²) in [6.07, 6.45) is 5.78. The number of nitrogens with zero attached hydrogens (tertiary/aromatic N) is 2. The fourth-order valence-corrected chi connectivity index (χ4v) is 5.74. The van der Waals surface area contributed by atoms with Crippen molar-refractivity contribution in [2.75, 3.05) is 26.2 Å². The molecule has 0 aliphatic carbocycles. The number of hydrogen-bond acceptors (Lipinski definition) is 3. The maximum Gasteiger partial charge on any atom is 0.107 e. The van der Waals surface area contributed by atoms with E-state index in [4.69, 9.17) is 0 Å². The molecule has 3 atom stereocenters. The Bertz CT molecular complexity index is 994. The lowest BCUT2D eigenvalue weighted by molar-refractivity contribution is -0.0124. The summed E-state index contributed by atoms with van der Waals surface area (Å²) in [4.78, 5) is 5.09. The van der Waals surface area contributed by atoms with Crippen molar-refractivity contribution in [3.63, 3.8) is 0 Å². The quantitative estimate of drug-likeness (QED) is 0.566. The van der Waals surface area contributed by atoms with Gasteiger partial charge in [0.25, 0.3) is 0 Å². The molecule has 2 aliphatic heterocycles. The van der Waals surface area contributed by atoms with E-state index in [1.807, 2.05) is 6.07 Å². The van der Waals surface area contributed by atoms with E-state index in [0.29, 0.717) is 12.6 Å². The molecule has 1 N–H and O–H groups in total. The van der Waals surface area contributed by atoms with Crippen LogP contribution in [0.5, 0.6) is 0 Å². The minimum absolute atomic E-state index is 0.181. The second-order valence-electron chi connectivity index (χ2n) is 9.79. The van der Waals surface area contributed by atoms with Crippen LogP contribution in [0.25, 0.3) is 0 Å². The minimum Gasteiger partial charge on any atom is -0.383 e. The molecule has 5 rings (SSSR count). The van der Waals surface area contributed by atoms with Gasteiger partial charge >= 0.3 is 0 Å². The molecule has 2 aliphatic rings. The third kappa shape index (κ3) is 5.22. The highest BCUT2D eigenvalue weighted by molar-refractivity contribution is 5.27. The minimum atomic E-state index is -0.825. The predicted octanol–water partition coefficient (Wildman–Crippen LogP) is 4.92. The normalized spacial score (nSPS) is 26.5. The molecule has 2 saturated heterocycles. The van der Waals surface area contributed by atoms with E-state index in [9.17, 15) is 5.11 Å². The van der Waals surface area contributed by atoms with Gasteiger partial charge in [-0.15, -0.1) is 0 Å². The second kappa shape index (κ2) is 10.2. The summed E-state index contributed by atoms with van der Waals surface area (Å²) in [6.45, 7) is 4.49. The molecular formula is C30H35N2O. The fourth-order valence-electron chi connectivity index (χ4n) is 5.74. The van der Waals surface area contributed by atoms with Crippen molar-refractivity contribution in [2.24, 2.45) is 5.92 Å². The predicted molar refractivity (Wildman–Crippen MR) is 135 cm³/mol. The number of β-amino-alcohol motifs (C(OH)–C–C–N with tert-alkyl or cyclic N) is 1. The Labute approximate surface area is 198 Å². The molecule has 2 heterocycles. The first-order valence-corrected chi connectivity index (χ1v) is 12.3. The Morgan fingerprint density at radius 2 is 1.45 bits per heavy atom. The van der Waals surface area contributed by atoms with Crippen molar-refractivity contribution in [3.8, 4) is 0 Å². The SMILES string of the molecule is OC1(c2ccccc2)CN(Cc2ccccc2)CC1CN1CC[CH]CC1Cc1ccccc1. The molecule has 0 saturated carbocycles. The van der Waals surface area contributed by atoms with Gasteiger partial charge in [0.05, 0.1) is 0 Å². The van der Waals surface area contributed by atoms with Crippen LogP contribution in [-0.2, 0) is 18.6 Å². The van der Waals surface area contributed by atoms with Crippen molar-refractivity contribution in [2.45, 2.75) is 37.5 Å². The summed E-state index contributed by atoms with van der Waals surface area (Å²) >= 11 is 0. The van der Waals surface area contributed by atoms with Gasteiger partial charge in [-0.05, 0) is 48.9 Å². The molecule has 0 amide bonds. The van der Waals surface area contributed by atoms with Crippen molar-refractivity contribution >= 4 is 0 Å². The Hall–Kier alpha value is -2.46. The van der Waals surface area contributed by atoms with Gasteiger partial charge in [-0.1, -0.05) is 91.0 Å². The smallest absolute Gasteiger partial charge is 0.107 e. The summed E-state index contributed by atoms with van der Waals surface area (Å²) in [7, 11) is 0. The summed E-state index contributed by atoms with van der Waals surface area (Å²) < 4.78 is 0. The van der Waals surface area contributed by atoms with Crippen LogP contribution in [0.4, 0.5) is 0 Å². The molecule has 3 aromatic carbocycles. The average molecular weight is 440 g/mol. The van der Waals surface area contributed by atoms with Crippen molar-refractivity contribution in [1.82, 2.24) is 9.80 Å². The van der Waals surface area contributed by atoms with Gasteiger partial charge in [-0.25, -0.2) is 0 Å². The first kappa shape index (κ1) is 22.3. The zero-order valence-corrected chi connectivity index (χ0v) is 19.4. The molecule has 3 unspecified atom stereocenters. The van der Waals surface area contributed by atoms with E-state index >= 15 is 0 Å². The number of benzene rings is 3. The molecule has 171 valence electrons. The number of piperidine rings is 1. The van der Waals surface area contributed by atoms with Crippen LogP contribution in [0.2, 0.25) is 0 Å². The van der Waals surface area contributed by atoms with E-state index in [-0.39, 0.29) is 5.92 Å². The van der Waals surface area contributed by atoms with E-state index in [0.717, 1.165) is 51.0 Å². The molecule has 1 radical (unpaired) electrons. The number of likely N-dealkylation sites (tertiary alicyclic amines) is 2. The molecule has 3 aromatic rings. The topological polar surface area (TPSA) is 26.7 Å². The van der Waals surface area contributed by atoms with Gasteiger partial charge in [0.15, 0.2) is 0 Å². The van der Waals surface area contributed by atoms with E-state index in [1.165, 1.54) is 11.1 Å². The van der Waals surface area contributed by atoms with Crippen molar-refractivity contribution < 1.29 is 5.11 Å². The Morgan fingerprint density at radius 3 is 2.15 bits per heavy atom. The first-order valence-electron chi connectivity index (χ1n) is 12.3. The largest absolute Gasteiger partial charge is 0.383 e. The summed E-state index contributed by atoms with van der Waals surface area (Å²) in [5.74, 6) is 0.181. The van der Waals surface area contributed by atoms with E-state index < -0.39 is 5.60 Å². The van der Waals surface area contributed by atoms with Crippen LogP contribution in [-0.4, -0.2) is 47.1 Å². The van der Waals surface area contributed by atoms with E-state index in [1.54, 1.807) is 0 Å². The molecule has 0 aromatic heterocycles. The zero-order valence-electron chi connectivity index (χ0n) is 19.4. The lowest BCUT2D eigenvalue weighted by atomic mass is 9.82. The van der Waals surface area contributed by atoms with Crippen LogP contribution in [0.1, 0.15) is 29.5 Å². The van der Waals surface area contributed by atoms with Crippen molar-refractivity contribution in [3.05, 3.63) is 114 Å². The van der Waals surface area contributed by atoms with Gasteiger partial charge < -0.3 is 5.11 Å². The van der Waals surface area contributed by atoms with Crippen LogP contribution in [0, 0.1) is 12.3 Å². The van der Waals surface area contributed by atoms with Gasteiger partial charge in [-0.3, -0.25) is 9.80 Å². The molecule has 0 spiro atoms. The fraction of sp³-hybridized carbons (Fsp3) is 0.367. The molecular weight excluding hydrogens is 404 g/mol. The van der Waals surface area contributed by atoms with Crippen LogP contribution in [0.15, 0.2) is 91.0 Å². The summed E-state index contributed by atoms with van der Waals surface area (Å²) in [5.41, 5.74) is 2.93. The third-order valence-electron chi connectivity index (χ3n) is 7.49. The van der Waals surface area contributed by atoms with Gasteiger partial charge in [0.1, 0.15) is 5.60 Å². The molecule has 2 fully saturated rings. The lowest BCUT2D eigenvalue weighted by Crippen LogP contribution is -2.48. The maximum atomic E-state index is 12.1. The summed E-state index contributed by atoms with van der Waals surface area (Å²) in [5, 5.41) is 12.1. The van der Waals surface area contributed by atoms with Crippen molar-refractivity contribution in [1.29, 1.82) is 0 Å². The van der Waals surface area contributed by atoms with Crippen LogP contribution >= 0.6 is 0 Å².